The molecule has 0 bridgehead atoms. The lowest BCUT2D eigenvalue weighted by atomic mass is 10.1. The Labute approximate surface area is 109 Å². The molecule has 1 aromatic carbocycles. The van der Waals surface area contributed by atoms with Gasteiger partial charge in [-0.15, -0.1) is 0 Å². The van der Waals surface area contributed by atoms with Crippen molar-refractivity contribution in [2.75, 3.05) is 13.6 Å². The van der Waals surface area contributed by atoms with E-state index in [1.807, 2.05) is 5.43 Å². The fourth-order valence-corrected chi connectivity index (χ4v) is 1.55. The molecule has 106 valence electrons. The molecule has 0 unspecified atom stereocenters. The molecular weight excluding hydrogens is 259 g/mol. The van der Waals surface area contributed by atoms with Gasteiger partial charge in [0.1, 0.15) is 0 Å². The number of nitrogen functional groups attached to an aromatic ring is 1. The molecule has 0 fully saturated rings. The minimum atomic E-state index is -4.14. The summed E-state index contributed by atoms with van der Waals surface area (Å²) in [5.74, 6) is 4.58. The molecule has 0 aromatic heterocycles. The first-order valence-corrected chi connectivity index (χ1v) is 5.67. The molecule has 0 radical (unpaired) electrons. The van der Waals surface area contributed by atoms with Crippen molar-refractivity contribution in [3.05, 3.63) is 35.4 Å². The summed E-state index contributed by atoms with van der Waals surface area (Å²) in [6, 6.07) is 6.54. The number of carbonyl (C=O) groups excluding carboxylic acids is 1. The summed E-state index contributed by atoms with van der Waals surface area (Å²) in [5, 5.41) is 0. The summed E-state index contributed by atoms with van der Waals surface area (Å²) in [4.78, 5) is 12.8. The zero-order valence-electron chi connectivity index (χ0n) is 10.5. The van der Waals surface area contributed by atoms with Crippen LogP contribution in [0.5, 0.6) is 0 Å². The lowest BCUT2D eigenvalue weighted by Crippen LogP contribution is -2.30. The van der Waals surface area contributed by atoms with Crippen molar-refractivity contribution in [1.82, 2.24) is 10.3 Å². The summed E-state index contributed by atoms with van der Waals surface area (Å²) in [6.45, 7) is 0.329. The van der Waals surface area contributed by atoms with Crippen LogP contribution in [0.25, 0.3) is 0 Å². The van der Waals surface area contributed by atoms with E-state index in [9.17, 15) is 18.0 Å². The monoisotopic (exact) mass is 275 g/mol. The van der Waals surface area contributed by atoms with Gasteiger partial charge in [-0.3, -0.25) is 10.2 Å². The first kappa shape index (κ1) is 15.5. The van der Waals surface area contributed by atoms with E-state index in [2.05, 4.69) is 0 Å². The summed E-state index contributed by atoms with van der Waals surface area (Å²) < 4.78 is 36.2. The van der Waals surface area contributed by atoms with Gasteiger partial charge in [-0.2, -0.15) is 13.2 Å². The SMILES string of the molecule is CN(CCC(F)(F)F)Cc1ccc(C(=O)NN)cc1. The minimum Gasteiger partial charge on any atom is -0.302 e. The number of hydrazine groups is 1. The van der Waals surface area contributed by atoms with Crippen LogP contribution >= 0.6 is 0 Å². The third-order valence-electron chi connectivity index (χ3n) is 2.58. The summed E-state index contributed by atoms with van der Waals surface area (Å²) in [7, 11) is 1.62. The molecule has 0 atom stereocenters. The number of nitrogens with one attached hydrogen (secondary N) is 1. The average Bonchev–Trinajstić information content (AvgIpc) is 2.35. The second kappa shape index (κ2) is 6.53. The maximum atomic E-state index is 12.1. The number of amides is 1. The van der Waals surface area contributed by atoms with E-state index >= 15 is 0 Å². The van der Waals surface area contributed by atoms with Gasteiger partial charge < -0.3 is 4.90 Å². The largest absolute Gasteiger partial charge is 0.390 e. The third kappa shape index (κ3) is 5.71. The molecule has 0 saturated carbocycles. The van der Waals surface area contributed by atoms with E-state index in [0.29, 0.717) is 12.1 Å². The Bertz CT molecular complexity index is 417. The Balaban J connectivity index is 2.51. The van der Waals surface area contributed by atoms with Crippen molar-refractivity contribution in [2.45, 2.75) is 19.1 Å². The maximum Gasteiger partial charge on any atom is 0.390 e. The molecule has 1 amide bonds. The predicted octanol–water partition coefficient (Wildman–Crippen LogP) is 1.67. The molecule has 0 aliphatic rings. The fraction of sp³-hybridized carbons (Fsp3) is 0.417. The molecule has 0 spiro atoms. The lowest BCUT2D eigenvalue weighted by molar-refractivity contribution is -0.137. The Hall–Kier alpha value is -1.60. The van der Waals surface area contributed by atoms with Crippen molar-refractivity contribution in [2.24, 2.45) is 5.84 Å². The van der Waals surface area contributed by atoms with Gasteiger partial charge in [0.25, 0.3) is 5.91 Å². The third-order valence-corrected chi connectivity index (χ3v) is 2.58. The molecule has 0 aliphatic carbocycles. The van der Waals surface area contributed by atoms with Gasteiger partial charge in [-0.25, -0.2) is 5.84 Å². The topological polar surface area (TPSA) is 58.4 Å². The first-order valence-electron chi connectivity index (χ1n) is 5.67. The normalized spacial score (nSPS) is 11.7. The van der Waals surface area contributed by atoms with Crippen LogP contribution in [0.2, 0.25) is 0 Å². The lowest BCUT2D eigenvalue weighted by Gasteiger charge is -2.17. The van der Waals surface area contributed by atoms with Gasteiger partial charge in [0.15, 0.2) is 0 Å². The molecule has 1 rings (SSSR count). The van der Waals surface area contributed by atoms with Gasteiger partial charge in [0.05, 0.1) is 6.42 Å². The molecule has 3 N–H and O–H groups in total. The van der Waals surface area contributed by atoms with Crippen LogP contribution in [0.3, 0.4) is 0 Å². The molecule has 4 nitrogen and oxygen atoms in total. The van der Waals surface area contributed by atoms with E-state index in [1.165, 1.54) is 0 Å². The van der Waals surface area contributed by atoms with E-state index in [-0.39, 0.29) is 6.54 Å². The van der Waals surface area contributed by atoms with Crippen LogP contribution in [0.4, 0.5) is 13.2 Å². The molecule has 0 saturated heterocycles. The van der Waals surface area contributed by atoms with Crippen molar-refractivity contribution in [3.8, 4) is 0 Å². The van der Waals surface area contributed by atoms with E-state index in [1.54, 1.807) is 36.2 Å². The highest BCUT2D eigenvalue weighted by atomic mass is 19.4. The highest BCUT2D eigenvalue weighted by Crippen LogP contribution is 2.19. The molecule has 7 heteroatoms. The Morgan fingerprint density at radius 1 is 1.32 bits per heavy atom. The van der Waals surface area contributed by atoms with Crippen LogP contribution in [0, 0.1) is 0 Å². The Morgan fingerprint density at radius 3 is 2.37 bits per heavy atom. The standard InChI is InChI=1S/C12H16F3N3O/c1-18(7-6-12(13,14)15)8-9-2-4-10(5-3-9)11(19)17-16/h2-5H,6-8,16H2,1H3,(H,17,19). The number of nitrogens with two attached hydrogens (primary N) is 1. The van der Waals surface area contributed by atoms with Crippen LogP contribution < -0.4 is 11.3 Å². The predicted molar refractivity (Wildman–Crippen MR) is 65.1 cm³/mol. The number of nitrogens with zero attached hydrogens (tertiary/aromatic N) is 1. The van der Waals surface area contributed by atoms with Gasteiger partial charge >= 0.3 is 6.18 Å². The van der Waals surface area contributed by atoms with Gasteiger partial charge in [0, 0.05) is 18.7 Å². The first-order chi connectivity index (χ1) is 8.81. The van der Waals surface area contributed by atoms with Crippen LogP contribution in [-0.4, -0.2) is 30.6 Å². The molecular formula is C12H16F3N3O. The highest BCUT2D eigenvalue weighted by molar-refractivity contribution is 5.93. The van der Waals surface area contributed by atoms with Crippen molar-refractivity contribution in [3.63, 3.8) is 0 Å². The Morgan fingerprint density at radius 2 is 1.89 bits per heavy atom. The quantitative estimate of drug-likeness (QED) is 0.488. The number of carbonyl (C=O) groups is 1. The van der Waals surface area contributed by atoms with Crippen LogP contribution in [0.15, 0.2) is 24.3 Å². The van der Waals surface area contributed by atoms with Gasteiger partial charge in [-0.05, 0) is 24.7 Å². The average molecular weight is 275 g/mol. The van der Waals surface area contributed by atoms with Crippen LogP contribution in [0.1, 0.15) is 22.3 Å². The van der Waals surface area contributed by atoms with E-state index in [0.717, 1.165) is 5.56 Å². The minimum absolute atomic E-state index is 0.0610. The number of benzene rings is 1. The zero-order valence-corrected chi connectivity index (χ0v) is 10.5. The molecule has 1 aromatic rings. The number of halogens is 3. The van der Waals surface area contributed by atoms with E-state index < -0.39 is 18.5 Å². The van der Waals surface area contributed by atoms with Gasteiger partial charge in [-0.1, -0.05) is 12.1 Å². The fourth-order valence-electron chi connectivity index (χ4n) is 1.55. The zero-order chi connectivity index (χ0) is 14.5. The highest BCUT2D eigenvalue weighted by Gasteiger charge is 2.26. The molecule has 0 heterocycles. The Kier molecular flexibility index (Phi) is 5.31. The van der Waals surface area contributed by atoms with Gasteiger partial charge in [0.2, 0.25) is 0 Å². The number of alkyl halides is 3. The van der Waals surface area contributed by atoms with Crippen molar-refractivity contribution < 1.29 is 18.0 Å². The molecule has 0 aliphatic heterocycles. The summed E-state index contributed by atoms with van der Waals surface area (Å²) in [5.41, 5.74) is 3.24. The van der Waals surface area contributed by atoms with Crippen molar-refractivity contribution in [1.29, 1.82) is 0 Å². The number of hydrogen-bond acceptors (Lipinski definition) is 3. The van der Waals surface area contributed by atoms with Crippen LogP contribution in [-0.2, 0) is 6.54 Å². The smallest absolute Gasteiger partial charge is 0.302 e. The molecule has 19 heavy (non-hydrogen) atoms. The van der Waals surface area contributed by atoms with Crippen molar-refractivity contribution >= 4 is 5.91 Å². The second-order valence-electron chi connectivity index (χ2n) is 4.27. The summed E-state index contributed by atoms with van der Waals surface area (Å²) in [6.07, 6.45) is -4.98. The number of rotatable bonds is 5. The number of hydrogen-bond donors (Lipinski definition) is 2. The summed E-state index contributed by atoms with van der Waals surface area (Å²) >= 11 is 0. The maximum absolute atomic E-state index is 12.1. The van der Waals surface area contributed by atoms with E-state index in [4.69, 9.17) is 5.84 Å². The second-order valence-corrected chi connectivity index (χ2v) is 4.27.